The van der Waals surface area contributed by atoms with Gasteiger partial charge >= 0.3 is 0 Å². The second-order valence-corrected chi connectivity index (χ2v) is 8.24. The molecule has 0 aromatic heterocycles. The van der Waals surface area contributed by atoms with Crippen molar-refractivity contribution in [2.24, 2.45) is 5.92 Å². The number of rotatable bonds is 8. The van der Waals surface area contributed by atoms with Crippen molar-refractivity contribution >= 4 is 51.5 Å². The summed E-state index contributed by atoms with van der Waals surface area (Å²) in [5.74, 6) is -1.77. The summed E-state index contributed by atoms with van der Waals surface area (Å²) in [7, 11) is 0. The van der Waals surface area contributed by atoms with E-state index < -0.39 is 23.6 Å². The normalized spacial score (nSPS) is 12.1. The number of anilines is 2. The first-order chi connectivity index (χ1) is 13.2. The van der Waals surface area contributed by atoms with Gasteiger partial charge in [0, 0.05) is 3.57 Å². The van der Waals surface area contributed by atoms with Crippen LogP contribution in [0.3, 0.4) is 0 Å². The zero-order valence-corrected chi connectivity index (χ0v) is 18.1. The molecule has 0 aliphatic carbocycles. The van der Waals surface area contributed by atoms with Crippen LogP contribution in [0.25, 0.3) is 0 Å². The Morgan fingerprint density at radius 1 is 1.21 bits per heavy atom. The molecule has 152 valence electrons. The first-order valence-corrected chi connectivity index (χ1v) is 9.94. The van der Waals surface area contributed by atoms with Gasteiger partial charge in [0.05, 0.1) is 28.1 Å². The maximum Gasteiger partial charge on any atom is 0.277 e. The number of aliphatic hydroxyl groups is 1. The molecule has 2 rings (SSSR count). The van der Waals surface area contributed by atoms with Crippen molar-refractivity contribution in [3.05, 3.63) is 56.1 Å². The van der Waals surface area contributed by atoms with Crippen LogP contribution in [0.5, 0.6) is 0 Å². The first kappa shape index (κ1) is 22.8. The summed E-state index contributed by atoms with van der Waals surface area (Å²) >= 11 is 7.75. The highest BCUT2D eigenvalue weighted by molar-refractivity contribution is 14.1. The van der Waals surface area contributed by atoms with E-state index in [1.165, 1.54) is 12.1 Å². The Balaban J connectivity index is 2.16. The summed E-state index contributed by atoms with van der Waals surface area (Å²) in [5, 5.41) is 12.2. The third kappa shape index (κ3) is 6.54. The van der Waals surface area contributed by atoms with E-state index in [2.05, 4.69) is 10.8 Å². The van der Waals surface area contributed by atoms with Crippen molar-refractivity contribution in [1.29, 1.82) is 0 Å². The molecule has 1 unspecified atom stereocenters. The third-order valence-electron chi connectivity index (χ3n) is 3.69. The van der Waals surface area contributed by atoms with E-state index in [9.17, 15) is 18.7 Å². The molecule has 0 aliphatic rings. The molecule has 0 spiro atoms. The molecule has 3 N–H and O–H groups in total. The maximum atomic E-state index is 14.1. The van der Waals surface area contributed by atoms with Crippen molar-refractivity contribution in [2.75, 3.05) is 11.9 Å². The topological polar surface area (TPSA) is 70.6 Å². The van der Waals surface area contributed by atoms with E-state index in [0.717, 1.165) is 12.1 Å². The monoisotopic (exact) mass is 524 g/mol. The highest BCUT2D eigenvalue weighted by Crippen LogP contribution is 2.28. The van der Waals surface area contributed by atoms with E-state index in [4.69, 9.17) is 16.4 Å². The molecule has 9 heteroatoms. The summed E-state index contributed by atoms with van der Waals surface area (Å²) in [5.41, 5.74) is 2.24. The van der Waals surface area contributed by atoms with Gasteiger partial charge in [0.2, 0.25) is 0 Å². The quantitative estimate of drug-likeness (QED) is 0.335. The van der Waals surface area contributed by atoms with Crippen LogP contribution in [-0.4, -0.2) is 23.7 Å². The van der Waals surface area contributed by atoms with Crippen molar-refractivity contribution in [3.63, 3.8) is 0 Å². The van der Waals surface area contributed by atoms with Gasteiger partial charge in [-0.3, -0.25) is 9.63 Å². The fourth-order valence-electron chi connectivity index (χ4n) is 2.44. The number of hydroxylamine groups is 1. The van der Waals surface area contributed by atoms with E-state index in [1.54, 1.807) is 6.07 Å². The Morgan fingerprint density at radius 3 is 2.57 bits per heavy atom. The number of benzene rings is 2. The molecule has 0 radical (unpaired) electrons. The zero-order chi connectivity index (χ0) is 20.8. The summed E-state index contributed by atoms with van der Waals surface area (Å²) < 4.78 is 28.7. The van der Waals surface area contributed by atoms with Crippen LogP contribution in [0.1, 0.15) is 30.6 Å². The van der Waals surface area contributed by atoms with Crippen LogP contribution >= 0.6 is 34.2 Å². The Kier molecular flexibility index (Phi) is 8.41. The van der Waals surface area contributed by atoms with Crippen LogP contribution in [0.2, 0.25) is 5.02 Å². The summed E-state index contributed by atoms with van der Waals surface area (Å²) in [6, 6.07) is 6.56. The lowest BCUT2D eigenvalue weighted by Crippen LogP contribution is -2.29. The van der Waals surface area contributed by atoms with Gasteiger partial charge in [0.15, 0.2) is 0 Å². The fourth-order valence-corrected chi connectivity index (χ4v) is 3.06. The van der Waals surface area contributed by atoms with Crippen molar-refractivity contribution < 1.29 is 23.5 Å². The Bertz CT molecular complexity index is 852. The van der Waals surface area contributed by atoms with Crippen LogP contribution in [0, 0.1) is 21.1 Å². The fraction of sp³-hybridized carbons (Fsp3) is 0.316. The second-order valence-electron chi connectivity index (χ2n) is 6.59. The predicted molar refractivity (Wildman–Crippen MR) is 113 cm³/mol. The lowest BCUT2D eigenvalue weighted by atomic mass is 10.1. The smallest absolute Gasteiger partial charge is 0.277 e. The highest BCUT2D eigenvalue weighted by Gasteiger charge is 2.18. The van der Waals surface area contributed by atoms with E-state index in [0.29, 0.717) is 9.99 Å². The summed E-state index contributed by atoms with van der Waals surface area (Å²) in [6.07, 6.45) is -0.229. The number of amides is 1. The van der Waals surface area contributed by atoms with Gasteiger partial charge in [-0.25, -0.2) is 14.3 Å². The molecule has 0 heterocycles. The molecule has 2 aromatic carbocycles. The Labute approximate surface area is 180 Å². The molecule has 2 aromatic rings. The SMILES string of the molecule is CC(C)CC(O)CONC(=O)c1cc(Cl)c(F)cc1Nc1ccc(I)cc1F. The minimum Gasteiger partial charge on any atom is -0.391 e. The number of hydrogen-bond donors (Lipinski definition) is 3. The van der Waals surface area contributed by atoms with E-state index >= 15 is 0 Å². The first-order valence-electron chi connectivity index (χ1n) is 8.48. The second kappa shape index (κ2) is 10.3. The Morgan fingerprint density at radius 2 is 1.93 bits per heavy atom. The molecule has 0 bridgehead atoms. The molecule has 5 nitrogen and oxygen atoms in total. The van der Waals surface area contributed by atoms with Crippen LogP contribution < -0.4 is 10.8 Å². The van der Waals surface area contributed by atoms with Gasteiger partial charge in [-0.05, 0) is 65.3 Å². The molecule has 0 fully saturated rings. The number of carbonyl (C=O) groups is 1. The largest absolute Gasteiger partial charge is 0.391 e. The van der Waals surface area contributed by atoms with Gasteiger partial charge < -0.3 is 10.4 Å². The molecule has 0 aliphatic heterocycles. The van der Waals surface area contributed by atoms with Crippen LogP contribution in [0.15, 0.2) is 30.3 Å². The number of hydrogen-bond acceptors (Lipinski definition) is 4. The minimum absolute atomic E-state index is 0.0193. The van der Waals surface area contributed by atoms with Crippen LogP contribution in [0.4, 0.5) is 20.2 Å². The van der Waals surface area contributed by atoms with Gasteiger partial charge in [-0.2, -0.15) is 0 Å². The third-order valence-corrected chi connectivity index (χ3v) is 4.65. The lowest BCUT2D eigenvalue weighted by Gasteiger charge is -2.16. The molecule has 28 heavy (non-hydrogen) atoms. The summed E-state index contributed by atoms with van der Waals surface area (Å²) in [6.45, 7) is 3.79. The standard InChI is InChI=1S/C19H20ClF2IN2O3/c1-10(2)5-12(26)9-28-25-19(27)13-7-14(20)15(21)8-18(13)24-17-4-3-11(23)6-16(17)22/h3-4,6-8,10,12,24,26H,5,9H2,1-2H3,(H,25,27). The number of aliphatic hydroxyl groups excluding tert-OH is 1. The van der Waals surface area contributed by atoms with Gasteiger partial charge in [0.1, 0.15) is 18.2 Å². The average molecular weight is 525 g/mol. The van der Waals surface area contributed by atoms with Gasteiger partial charge in [-0.15, -0.1) is 0 Å². The molecule has 1 atom stereocenters. The number of halogens is 4. The minimum atomic E-state index is -0.764. The van der Waals surface area contributed by atoms with Crippen LogP contribution in [-0.2, 0) is 4.84 Å². The zero-order valence-electron chi connectivity index (χ0n) is 15.2. The lowest BCUT2D eigenvalue weighted by molar-refractivity contribution is -0.0181. The summed E-state index contributed by atoms with van der Waals surface area (Å²) in [4.78, 5) is 17.5. The van der Waals surface area contributed by atoms with E-state index in [1.807, 2.05) is 36.4 Å². The van der Waals surface area contributed by atoms with Crippen molar-refractivity contribution in [1.82, 2.24) is 5.48 Å². The van der Waals surface area contributed by atoms with Crippen molar-refractivity contribution in [3.8, 4) is 0 Å². The van der Waals surface area contributed by atoms with Gasteiger partial charge in [-0.1, -0.05) is 25.4 Å². The van der Waals surface area contributed by atoms with Crippen molar-refractivity contribution in [2.45, 2.75) is 26.4 Å². The van der Waals surface area contributed by atoms with E-state index in [-0.39, 0.29) is 34.5 Å². The Hall–Kier alpha value is -1.49. The van der Waals surface area contributed by atoms with Gasteiger partial charge in [0.25, 0.3) is 5.91 Å². The molecular weight excluding hydrogens is 505 g/mol. The maximum absolute atomic E-state index is 14.1. The molecular formula is C19H20ClF2IN2O3. The molecule has 1 amide bonds. The number of carbonyl (C=O) groups excluding carboxylic acids is 1. The number of nitrogens with one attached hydrogen (secondary N) is 2. The molecule has 0 saturated heterocycles. The average Bonchev–Trinajstić information content (AvgIpc) is 2.59. The molecule has 0 saturated carbocycles. The predicted octanol–water partition coefficient (Wildman–Crippen LogP) is 5.03. The highest BCUT2D eigenvalue weighted by atomic mass is 127.